The number of carbonyl (C=O) groups is 1. The first-order valence-corrected chi connectivity index (χ1v) is 12.4. The number of ether oxygens (including phenoxy) is 1. The minimum absolute atomic E-state index is 0.0540. The molecule has 0 N–H and O–H groups in total. The van der Waals surface area contributed by atoms with E-state index < -0.39 is 21.4 Å². The predicted octanol–water partition coefficient (Wildman–Crippen LogP) is 3.86. The number of rotatable bonds is 4. The average Bonchev–Trinajstić information content (AvgIpc) is 3.24. The summed E-state index contributed by atoms with van der Waals surface area (Å²) in [6.45, 7) is 0.154. The van der Waals surface area contributed by atoms with E-state index in [-0.39, 0.29) is 30.2 Å². The maximum absolute atomic E-state index is 13.4. The summed E-state index contributed by atoms with van der Waals surface area (Å²) >= 11 is 6.02. The molecule has 5 rings (SSSR count). The van der Waals surface area contributed by atoms with E-state index in [1.807, 2.05) is 6.08 Å². The third kappa shape index (κ3) is 3.64. The van der Waals surface area contributed by atoms with Crippen molar-refractivity contribution >= 4 is 33.7 Å². The van der Waals surface area contributed by atoms with Gasteiger partial charge >= 0.3 is 5.97 Å². The molecule has 0 amide bonds. The van der Waals surface area contributed by atoms with E-state index >= 15 is 0 Å². The highest BCUT2D eigenvalue weighted by molar-refractivity contribution is 7.89. The molecule has 1 saturated heterocycles. The first-order valence-electron chi connectivity index (χ1n) is 10.6. The van der Waals surface area contributed by atoms with Gasteiger partial charge in [-0.25, -0.2) is 17.5 Å². The van der Waals surface area contributed by atoms with Crippen molar-refractivity contribution in [1.82, 2.24) is 14.1 Å². The van der Waals surface area contributed by atoms with Crippen LogP contribution in [0.5, 0.6) is 0 Å². The molecular formula is C24H21ClFN3O4S. The summed E-state index contributed by atoms with van der Waals surface area (Å²) in [6, 6.07) is 12.1. The van der Waals surface area contributed by atoms with Crippen molar-refractivity contribution in [3.8, 4) is 5.69 Å². The third-order valence-electron chi connectivity index (χ3n) is 6.46. The van der Waals surface area contributed by atoms with Gasteiger partial charge in [0, 0.05) is 18.1 Å². The van der Waals surface area contributed by atoms with Gasteiger partial charge in [0.2, 0.25) is 10.0 Å². The number of hydrogen-bond acceptors (Lipinski definition) is 5. The molecule has 0 bridgehead atoms. The lowest BCUT2D eigenvalue weighted by molar-refractivity contribution is -0.151. The number of piperidine rings is 1. The van der Waals surface area contributed by atoms with E-state index in [1.54, 1.807) is 35.1 Å². The summed E-state index contributed by atoms with van der Waals surface area (Å²) in [7, 11) is -2.57. The highest BCUT2D eigenvalue weighted by Gasteiger charge is 2.51. The van der Waals surface area contributed by atoms with Gasteiger partial charge in [-0.2, -0.15) is 9.40 Å². The maximum Gasteiger partial charge on any atom is 0.317 e. The Morgan fingerprint density at radius 3 is 2.68 bits per heavy atom. The molecule has 1 fully saturated rings. The minimum Gasteiger partial charge on any atom is -0.468 e. The largest absolute Gasteiger partial charge is 0.468 e. The Kier molecular flexibility index (Phi) is 5.58. The van der Waals surface area contributed by atoms with E-state index in [9.17, 15) is 17.6 Å². The number of carbonyl (C=O) groups excluding carboxylic acids is 1. The number of fused-ring (bicyclic) bond motifs is 2. The highest BCUT2D eigenvalue weighted by Crippen LogP contribution is 2.46. The second-order valence-corrected chi connectivity index (χ2v) is 10.8. The Balaban J connectivity index is 1.55. The lowest BCUT2D eigenvalue weighted by atomic mass is 9.69. The minimum atomic E-state index is -3.88. The second-order valence-electron chi connectivity index (χ2n) is 8.41. The SMILES string of the molecule is COC(=O)C12Cc3cnn(-c4ccc(F)cc4)c3C=C1CCN(S(=O)(=O)c1cccc(Cl)c1)C2. The molecule has 7 nitrogen and oxygen atoms in total. The van der Waals surface area contributed by atoms with E-state index in [1.165, 1.54) is 35.7 Å². The fraction of sp³-hybridized carbons (Fsp3) is 0.250. The third-order valence-corrected chi connectivity index (χ3v) is 8.54. The molecular weight excluding hydrogens is 481 g/mol. The van der Waals surface area contributed by atoms with E-state index in [0.29, 0.717) is 17.1 Å². The van der Waals surface area contributed by atoms with Crippen molar-refractivity contribution in [3.63, 3.8) is 0 Å². The van der Waals surface area contributed by atoms with Crippen molar-refractivity contribution < 1.29 is 22.3 Å². The standard InChI is InChI=1S/C24H21ClFN3O4S/c1-33-23(30)24-13-16-14-27-29(20-7-5-19(26)6-8-20)22(16)11-17(24)9-10-28(15-24)34(31,32)21-4-2-3-18(25)12-21/h2-8,11-12,14H,9-10,13,15H2,1H3. The summed E-state index contributed by atoms with van der Waals surface area (Å²) in [5.74, 6) is -0.842. The van der Waals surface area contributed by atoms with Crippen LogP contribution >= 0.6 is 11.6 Å². The second kappa shape index (κ2) is 8.33. The fourth-order valence-electron chi connectivity index (χ4n) is 4.75. The normalized spacial score (nSPS) is 20.3. The monoisotopic (exact) mass is 501 g/mol. The number of methoxy groups -OCH3 is 1. The molecule has 2 heterocycles. The summed E-state index contributed by atoms with van der Waals surface area (Å²) in [5.41, 5.74) is 1.87. The van der Waals surface area contributed by atoms with Crippen LogP contribution in [0.3, 0.4) is 0 Å². The zero-order chi connectivity index (χ0) is 24.1. The maximum atomic E-state index is 13.4. The fourth-order valence-corrected chi connectivity index (χ4v) is 6.55. The molecule has 176 valence electrons. The van der Waals surface area contributed by atoms with Gasteiger partial charge in [-0.05, 0) is 72.5 Å². The van der Waals surface area contributed by atoms with Gasteiger partial charge in [-0.1, -0.05) is 17.7 Å². The number of esters is 1. The molecule has 1 unspecified atom stereocenters. The van der Waals surface area contributed by atoms with Crippen molar-refractivity contribution in [2.45, 2.75) is 17.7 Å². The smallest absolute Gasteiger partial charge is 0.317 e. The zero-order valence-electron chi connectivity index (χ0n) is 18.2. The van der Waals surface area contributed by atoms with Gasteiger partial charge in [0.1, 0.15) is 11.2 Å². The molecule has 2 aliphatic rings. The van der Waals surface area contributed by atoms with Crippen LogP contribution in [-0.2, 0) is 26.0 Å². The molecule has 34 heavy (non-hydrogen) atoms. The zero-order valence-corrected chi connectivity index (χ0v) is 19.8. The van der Waals surface area contributed by atoms with E-state index in [2.05, 4.69) is 5.10 Å². The quantitative estimate of drug-likeness (QED) is 0.507. The molecule has 1 aliphatic carbocycles. The molecule has 1 aromatic heterocycles. The van der Waals surface area contributed by atoms with Crippen LogP contribution in [0.4, 0.5) is 4.39 Å². The van der Waals surface area contributed by atoms with Gasteiger partial charge in [-0.3, -0.25) is 4.79 Å². The van der Waals surface area contributed by atoms with Gasteiger partial charge in [0.15, 0.2) is 0 Å². The van der Waals surface area contributed by atoms with Crippen LogP contribution in [0.2, 0.25) is 5.02 Å². The van der Waals surface area contributed by atoms with Crippen molar-refractivity contribution in [2.75, 3.05) is 20.2 Å². The molecule has 3 aromatic rings. The number of aromatic nitrogens is 2. The number of nitrogens with zero attached hydrogens (tertiary/aromatic N) is 3. The summed E-state index contributed by atoms with van der Waals surface area (Å²) < 4.78 is 48.3. The lowest BCUT2D eigenvalue weighted by Crippen LogP contribution is -2.53. The van der Waals surface area contributed by atoms with Crippen LogP contribution in [0.25, 0.3) is 11.8 Å². The van der Waals surface area contributed by atoms with Gasteiger partial charge in [0.25, 0.3) is 0 Å². The Bertz CT molecular complexity index is 1420. The Morgan fingerprint density at radius 1 is 1.21 bits per heavy atom. The van der Waals surface area contributed by atoms with Crippen molar-refractivity contribution in [1.29, 1.82) is 0 Å². The number of sulfonamides is 1. The molecule has 0 spiro atoms. The van der Waals surface area contributed by atoms with E-state index in [4.69, 9.17) is 16.3 Å². The molecule has 0 radical (unpaired) electrons. The van der Waals surface area contributed by atoms with Crippen LogP contribution in [0, 0.1) is 11.2 Å². The molecule has 1 aliphatic heterocycles. The first-order chi connectivity index (χ1) is 16.2. The molecule has 2 aromatic carbocycles. The Labute approximate surface area is 201 Å². The van der Waals surface area contributed by atoms with Crippen molar-refractivity contribution in [2.24, 2.45) is 5.41 Å². The topological polar surface area (TPSA) is 81.5 Å². The highest BCUT2D eigenvalue weighted by atomic mass is 35.5. The van der Waals surface area contributed by atoms with Gasteiger partial charge < -0.3 is 4.74 Å². The average molecular weight is 502 g/mol. The van der Waals surface area contributed by atoms with Crippen LogP contribution < -0.4 is 0 Å². The molecule has 10 heteroatoms. The van der Waals surface area contributed by atoms with Gasteiger partial charge in [0.05, 0.1) is 29.6 Å². The van der Waals surface area contributed by atoms with E-state index in [0.717, 1.165) is 16.8 Å². The number of hydrogen-bond donors (Lipinski definition) is 0. The Hall–Kier alpha value is -3.01. The van der Waals surface area contributed by atoms with Crippen LogP contribution in [-0.4, -0.2) is 48.7 Å². The number of benzene rings is 2. The predicted molar refractivity (Wildman–Crippen MR) is 124 cm³/mol. The van der Waals surface area contributed by atoms with Crippen molar-refractivity contribution in [3.05, 3.63) is 82.4 Å². The summed E-state index contributed by atoms with van der Waals surface area (Å²) in [4.78, 5) is 13.2. The van der Waals surface area contributed by atoms with Crippen LogP contribution in [0.1, 0.15) is 17.7 Å². The molecule has 1 atom stereocenters. The summed E-state index contributed by atoms with van der Waals surface area (Å²) in [5, 5.41) is 4.76. The first kappa shape index (κ1) is 22.8. The number of halogens is 2. The van der Waals surface area contributed by atoms with Crippen LogP contribution in [0.15, 0.2) is 65.2 Å². The molecule has 0 saturated carbocycles. The van der Waals surface area contributed by atoms with Gasteiger partial charge in [-0.15, -0.1) is 0 Å². The summed E-state index contributed by atoms with van der Waals surface area (Å²) in [6.07, 6.45) is 4.13. The lowest BCUT2D eigenvalue weighted by Gasteiger charge is -2.43. The Morgan fingerprint density at radius 2 is 1.97 bits per heavy atom.